The Balaban J connectivity index is 2.07. The first-order valence-corrected chi connectivity index (χ1v) is 10.7. The van der Waals surface area contributed by atoms with Gasteiger partial charge in [0.1, 0.15) is 0 Å². The van der Waals surface area contributed by atoms with Crippen LogP contribution in [0.15, 0.2) is 53.0 Å². The number of halogens is 1. The highest BCUT2D eigenvalue weighted by Crippen LogP contribution is 2.24. The maximum atomic E-state index is 12.4. The van der Waals surface area contributed by atoms with Gasteiger partial charge in [-0.1, -0.05) is 54.0 Å². The number of carbonyl (C=O) groups excluding carboxylic acids is 1. The molecule has 0 spiro atoms. The van der Waals surface area contributed by atoms with E-state index in [0.29, 0.717) is 17.7 Å². The van der Waals surface area contributed by atoms with Crippen LogP contribution in [0.4, 0.5) is 0 Å². The standard InChI is InChI=1S/C19H22BrNO3S/c1-19(2,16-7-9-17(20)10-8-16)13-21-18(22)15-6-4-5-14(11-15)12-25(3,23)24/h4-11H,12-13H2,1-3H3,(H,21,22). The van der Waals surface area contributed by atoms with Crippen LogP contribution < -0.4 is 5.32 Å². The van der Waals surface area contributed by atoms with Crippen LogP contribution in [0.25, 0.3) is 0 Å². The quantitative estimate of drug-likeness (QED) is 0.769. The van der Waals surface area contributed by atoms with Crippen molar-refractivity contribution >= 4 is 31.7 Å². The summed E-state index contributed by atoms with van der Waals surface area (Å²) in [6, 6.07) is 14.8. The van der Waals surface area contributed by atoms with Crippen molar-refractivity contribution in [3.8, 4) is 0 Å². The van der Waals surface area contributed by atoms with Crippen molar-refractivity contribution in [1.29, 1.82) is 0 Å². The Morgan fingerprint density at radius 1 is 1.12 bits per heavy atom. The van der Waals surface area contributed by atoms with Gasteiger partial charge in [0.15, 0.2) is 9.84 Å². The van der Waals surface area contributed by atoms with E-state index in [1.54, 1.807) is 24.3 Å². The minimum atomic E-state index is -3.13. The first-order valence-electron chi connectivity index (χ1n) is 7.88. The number of nitrogens with one attached hydrogen (secondary N) is 1. The molecular weight excluding hydrogens is 402 g/mol. The normalized spacial score (nSPS) is 12.0. The first kappa shape index (κ1) is 19.7. The lowest BCUT2D eigenvalue weighted by atomic mass is 9.84. The molecule has 0 fully saturated rings. The molecule has 0 aliphatic heterocycles. The number of amides is 1. The molecule has 0 radical (unpaired) electrons. The molecule has 0 aliphatic carbocycles. The van der Waals surface area contributed by atoms with Gasteiger partial charge in [0.2, 0.25) is 0 Å². The number of rotatable bonds is 6. The van der Waals surface area contributed by atoms with Crippen LogP contribution in [-0.4, -0.2) is 27.1 Å². The number of hydrogen-bond acceptors (Lipinski definition) is 3. The molecule has 0 atom stereocenters. The maximum absolute atomic E-state index is 12.4. The van der Waals surface area contributed by atoms with Crippen LogP contribution in [0.1, 0.15) is 35.3 Å². The van der Waals surface area contributed by atoms with Crippen molar-refractivity contribution in [2.24, 2.45) is 0 Å². The van der Waals surface area contributed by atoms with E-state index in [2.05, 4.69) is 35.1 Å². The minimum Gasteiger partial charge on any atom is -0.351 e. The van der Waals surface area contributed by atoms with Crippen molar-refractivity contribution in [2.75, 3.05) is 12.8 Å². The molecule has 0 heterocycles. The number of carbonyl (C=O) groups is 1. The topological polar surface area (TPSA) is 63.2 Å². The van der Waals surface area contributed by atoms with Crippen molar-refractivity contribution in [1.82, 2.24) is 5.32 Å². The molecule has 0 saturated heterocycles. The number of sulfone groups is 1. The molecule has 2 aromatic rings. The zero-order chi connectivity index (χ0) is 18.7. The molecule has 4 nitrogen and oxygen atoms in total. The average Bonchev–Trinajstić information content (AvgIpc) is 2.52. The molecule has 0 aromatic heterocycles. The Hall–Kier alpha value is -1.66. The highest BCUT2D eigenvalue weighted by Gasteiger charge is 2.21. The van der Waals surface area contributed by atoms with Crippen LogP contribution in [0, 0.1) is 0 Å². The summed E-state index contributed by atoms with van der Waals surface area (Å²) in [6.07, 6.45) is 1.18. The Morgan fingerprint density at radius 2 is 1.76 bits per heavy atom. The van der Waals surface area contributed by atoms with Gasteiger partial charge in [0.25, 0.3) is 5.91 Å². The molecule has 6 heteroatoms. The molecule has 0 aliphatic rings. The fourth-order valence-electron chi connectivity index (χ4n) is 2.51. The predicted molar refractivity (Wildman–Crippen MR) is 104 cm³/mol. The summed E-state index contributed by atoms with van der Waals surface area (Å²) in [7, 11) is -3.13. The molecule has 0 unspecified atom stereocenters. The van der Waals surface area contributed by atoms with Gasteiger partial charge in [-0.15, -0.1) is 0 Å². The molecule has 1 N–H and O–H groups in total. The second-order valence-electron chi connectivity index (χ2n) is 6.84. The molecule has 0 saturated carbocycles. The van der Waals surface area contributed by atoms with Gasteiger partial charge in [0, 0.05) is 28.3 Å². The van der Waals surface area contributed by atoms with Gasteiger partial charge in [-0.05, 0) is 35.4 Å². The summed E-state index contributed by atoms with van der Waals surface area (Å²) >= 11 is 3.42. The number of benzene rings is 2. The molecule has 0 bridgehead atoms. The largest absolute Gasteiger partial charge is 0.351 e. The molecule has 134 valence electrons. The van der Waals surface area contributed by atoms with Gasteiger partial charge in [0.05, 0.1) is 5.75 Å². The number of hydrogen-bond donors (Lipinski definition) is 1. The fourth-order valence-corrected chi connectivity index (χ4v) is 3.56. The second-order valence-corrected chi connectivity index (χ2v) is 9.90. The van der Waals surface area contributed by atoms with E-state index in [1.165, 1.54) is 6.26 Å². The highest BCUT2D eigenvalue weighted by atomic mass is 79.9. The fraction of sp³-hybridized carbons (Fsp3) is 0.316. The van der Waals surface area contributed by atoms with Gasteiger partial charge in [-0.2, -0.15) is 0 Å². The summed E-state index contributed by atoms with van der Waals surface area (Å²) in [5.41, 5.74) is 1.98. The summed E-state index contributed by atoms with van der Waals surface area (Å²) in [5.74, 6) is -0.279. The van der Waals surface area contributed by atoms with Crippen LogP contribution in [0.2, 0.25) is 0 Å². The van der Waals surface area contributed by atoms with Crippen molar-refractivity contribution in [3.63, 3.8) is 0 Å². The first-order chi connectivity index (χ1) is 11.6. The van der Waals surface area contributed by atoms with Crippen LogP contribution >= 0.6 is 15.9 Å². The van der Waals surface area contributed by atoms with Gasteiger partial charge < -0.3 is 5.32 Å². The second kappa shape index (κ2) is 7.70. The van der Waals surface area contributed by atoms with Crippen molar-refractivity contribution in [2.45, 2.75) is 25.0 Å². The van der Waals surface area contributed by atoms with E-state index >= 15 is 0 Å². The lowest BCUT2D eigenvalue weighted by Gasteiger charge is -2.25. The van der Waals surface area contributed by atoms with Crippen LogP contribution in [0.5, 0.6) is 0 Å². The SMILES string of the molecule is CC(C)(CNC(=O)c1cccc(CS(C)(=O)=O)c1)c1ccc(Br)cc1. The summed E-state index contributed by atoms with van der Waals surface area (Å²) in [5, 5.41) is 2.94. The van der Waals surface area contributed by atoms with E-state index in [0.717, 1.165) is 10.0 Å². The molecule has 25 heavy (non-hydrogen) atoms. The predicted octanol–water partition coefficient (Wildman–Crippen LogP) is 3.70. The van der Waals surface area contributed by atoms with Crippen molar-refractivity contribution in [3.05, 3.63) is 69.7 Å². The molecule has 2 aromatic carbocycles. The van der Waals surface area contributed by atoms with E-state index in [-0.39, 0.29) is 17.1 Å². The minimum absolute atomic E-state index is 0.0709. The average molecular weight is 424 g/mol. The van der Waals surface area contributed by atoms with Crippen LogP contribution in [0.3, 0.4) is 0 Å². The van der Waals surface area contributed by atoms with E-state index in [1.807, 2.05) is 24.3 Å². The molecule has 2 rings (SSSR count). The molecule has 1 amide bonds. The summed E-state index contributed by atoms with van der Waals surface area (Å²) < 4.78 is 23.8. The van der Waals surface area contributed by atoms with Crippen LogP contribution in [-0.2, 0) is 21.0 Å². The van der Waals surface area contributed by atoms with E-state index in [4.69, 9.17) is 0 Å². The zero-order valence-corrected chi connectivity index (χ0v) is 16.9. The van der Waals surface area contributed by atoms with Gasteiger partial charge in [-0.3, -0.25) is 4.79 Å². The van der Waals surface area contributed by atoms with Crippen molar-refractivity contribution < 1.29 is 13.2 Å². The maximum Gasteiger partial charge on any atom is 0.251 e. The Morgan fingerprint density at radius 3 is 2.36 bits per heavy atom. The summed E-state index contributed by atoms with van der Waals surface area (Å²) in [4.78, 5) is 12.4. The Kier molecular flexibility index (Phi) is 6.06. The van der Waals surface area contributed by atoms with E-state index < -0.39 is 9.84 Å². The van der Waals surface area contributed by atoms with E-state index in [9.17, 15) is 13.2 Å². The molecular formula is C19H22BrNO3S. The third-order valence-corrected chi connectivity index (χ3v) is 5.32. The monoisotopic (exact) mass is 423 g/mol. The third-order valence-electron chi connectivity index (χ3n) is 3.93. The zero-order valence-electron chi connectivity index (χ0n) is 14.5. The highest BCUT2D eigenvalue weighted by molar-refractivity contribution is 9.10. The smallest absolute Gasteiger partial charge is 0.251 e. The Labute approximate surface area is 157 Å². The van der Waals surface area contributed by atoms with Gasteiger partial charge in [-0.25, -0.2) is 8.42 Å². The Bertz CT molecular complexity index is 858. The lowest BCUT2D eigenvalue weighted by molar-refractivity contribution is 0.0945. The summed E-state index contributed by atoms with van der Waals surface area (Å²) in [6.45, 7) is 4.61. The van der Waals surface area contributed by atoms with Gasteiger partial charge >= 0.3 is 0 Å². The third kappa shape index (κ3) is 5.97. The lowest BCUT2D eigenvalue weighted by Crippen LogP contribution is -2.36.